The molecule has 2 N–H and O–H groups in total. The number of rotatable bonds is 8. The van der Waals surface area contributed by atoms with E-state index in [0.717, 1.165) is 18.7 Å². The van der Waals surface area contributed by atoms with Crippen LogP contribution in [-0.2, 0) is 16.6 Å². The topological polar surface area (TPSA) is 87.7 Å². The lowest BCUT2D eigenvalue weighted by Crippen LogP contribution is -2.34. The molecular weight excluding hydrogens is 414 g/mol. The Hall–Kier alpha value is -2.58. The highest BCUT2D eigenvalue weighted by Crippen LogP contribution is 2.24. The molecule has 1 unspecified atom stereocenters. The van der Waals surface area contributed by atoms with Gasteiger partial charge in [0.1, 0.15) is 5.75 Å². The van der Waals surface area contributed by atoms with Gasteiger partial charge in [0.05, 0.1) is 17.6 Å². The Morgan fingerprint density at radius 1 is 1.19 bits per heavy atom. The molecule has 7 nitrogen and oxygen atoms in total. The van der Waals surface area contributed by atoms with Gasteiger partial charge in [-0.25, -0.2) is 13.1 Å². The summed E-state index contributed by atoms with van der Waals surface area (Å²) >= 11 is 0. The van der Waals surface area contributed by atoms with E-state index in [1.54, 1.807) is 6.92 Å². The smallest absolute Gasteiger partial charge is 0.255 e. The third-order valence-corrected chi connectivity index (χ3v) is 6.89. The Labute approximate surface area is 184 Å². The zero-order valence-electron chi connectivity index (χ0n) is 18.3. The summed E-state index contributed by atoms with van der Waals surface area (Å²) in [5.41, 5.74) is 2.22. The van der Waals surface area contributed by atoms with Crippen LogP contribution in [0.1, 0.15) is 42.6 Å². The molecule has 3 rings (SSSR count). The van der Waals surface area contributed by atoms with Crippen molar-refractivity contribution in [3.8, 4) is 5.75 Å². The van der Waals surface area contributed by atoms with Crippen LogP contribution >= 0.6 is 0 Å². The van der Waals surface area contributed by atoms with Crippen molar-refractivity contribution in [3.63, 3.8) is 0 Å². The molecule has 0 aromatic heterocycles. The number of nitrogens with zero attached hydrogens (tertiary/aromatic N) is 1. The molecule has 2 aromatic carbocycles. The maximum absolute atomic E-state index is 12.8. The SMILES string of the molecule is CCNC(=O)c1cc(S(=O)(=O)NCc2ccc(N3CCCC(C)C3)cc2)ccc1OC. The van der Waals surface area contributed by atoms with Gasteiger partial charge in [-0.2, -0.15) is 0 Å². The first-order valence-corrected chi connectivity index (χ1v) is 12.1. The van der Waals surface area contributed by atoms with E-state index < -0.39 is 10.0 Å². The van der Waals surface area contributed by atoms with Gasteiger partial charge in [0.25, 0.3) is 5.91 Å². The molecule has 1 fully saturated rings. The molecule has 0 saturated carbocycles. The standard InChI is InChI=1S/C23H31N3O4S/c1-4-24-23(27)21-14-20(11-12-22(21)30-3)31(28,29)25-15-18-7-9-19(10-8-18)26-13-5-6-17(2)16-26/h7-12,14,17,25H,4-6,13,15-16H2,1-3H3,(H,24,27). The van der Waals surface area contributed by atoms with E-state index in [1.807, 2.05) is 24.3 Å². The molecule has 1 saturated heterocycles. The van der Waals surface area contributed by atoms with Crippen LogP contribution < -0.4 is 19.7 Å². The van der Waals surface area contributed by atoms with E-state index in [1.165, 1.54) is 43.8 Å². The molecule has 1 heterocycles. The van der Waals surface area contributed by atoms with Gasteiger partial charge < -0.3 is 15.0 Å². The fraction of sp³-hybridized carbons (Fsp3) is 0.435. The highest BCUT2D eigenvalue weighted by Gasteiger charge is 2.20. The van der Waals surface area contributed by atoms with Crippen molar-refractivity contribution in [3.05, 3.63) is 53.6 Å². The number of sulfonamides is 1. The van der Waals surface area contributed by atoms with E-state index in [4.69, 9.17) is 4.74 Å². The van der Waals surface area contributed by atoms with Crippen LogP contribution in [0.25, 0.3) is 0 Å². The number of hydrogen-bond acceptors (Lipinski definition) is 5. The van der Waals surface area contributed by atoms with Crippen molar-refractivity contribution < 1.29 is 17.9 Å². The van der Waals surface area contributed by atoms with E-state index in [0.29, 0.717) is 18.2 Å². The second kappa shape index (κ2) is 10.2. The van der Waals surface area contributed by atoms with Crippen LogP contribution in [0.15, 0.2) is 47.4 Å². The molecule has 1 aliphatic heterocycles. The molecule has 0 spiro atoms. The number of ether oxygens (including phenoxy) is 1. The third kappa shape index (κ3) is 5.77. The fourth-order valence-corrected chi connectivity index (χ4v) is 4.84. The fourth-order valence-electron chi connectivity index (χ4n) is 3.80. The molecule has 8 heteroatoms. The lowest BCUT2D eigenvalue weighted by Gasteiger charge is -2.32. The average molecular weight is 446 g/mol. The predicted molar refractivity (Wildman–Crippen MR) is 122 cm³/mol. The Morgan fingerprint density at radius 2 is 1.94 bits per heavy atom. The van der Waals surface area contributed by atoms with Crippen molar-refractivity contribution in [1.29, 1.82) is 0 Å². The average Bonchev–Trinajstić information content (AvgIpc) is 2.78. The molecular formula is C23H31N3O4S. The van der Waals surface area contributed by atoms with Gasteiger partial charge in [0.2, 0.25) is 10.0 Å². The first kappa shape index (κ1) is 23.1. The lowest BCUT2D eigenvalue weighted by atomic mass is 9.99. The van der Waals surface area contributed by atoms with Crippen molar-refractivity contribution in [2.45, 2.75) is 38.1 Å². The van der Waals surface area contributed by atoms with Crippen molar-refractivity contribution in [1.82, 2.24) is 10.0 Å². The highest BCUT2D eigenvalue weighted by atomic mass is 32.2. The van der Waals surface area contributed by atoms with Gasteiger partial charge in [-0.3, -0.25) is 4.79 Å². The zero-order valence-corrected chi connectivity index (χ0v) is 19.2. The Bertz CT molecular complexity index is 1010. The number of amides is 1. The molecule has 1 aliphatic rings. The second-order valence-electron chi connectivity index (χ2n) is 7.91. The van der Waals surface area contributed by atoms with Gasteiger partial charge in [0.15, 0.2) is 0 Å². The Balaban J connectivity index is 1.69. The summed E-state index contributed by atoms with van der Waals surface area (Å²) in [6.45, 7) is 6.78. The Morgan fingerprint density at radius 3 is 2.58 bits per heavy atom. The summed E-state index contributed by atoms with van der Waals surface area (Å²) in [6.07, 6.45) is 2.46. The predicted octanol–water partition coefficient (Wildman–Crippen LogP) is 3.16. The van der Waals surface area contributed by atoms with Gasteiger partial charge in [0, 0.05) is 31.9 Å². The lowest BCUT2D eigenvalue weighted by molar-refractivity contribution is 0.0952. The minimum absolute atomic E-state index is 0.0217. The largest absolute Gasteiger partial charge is 0.496 e. The molecule has 2 aromatic rings. The summed E-state index contributed by atoms with van der Waals surface area (Å²) in [4.78, 5) is 14.7. The van der Waals surface area contributed by atoms with E-state index in [9.17, 15) is 13.2 Å². The van der Waals surface area contributed by atoms with Gasteiger partial charge in [-0.05, 0) is 61.6 Å². The van der Waals surface area contributed by atoms with Crippen LogP contribution in [0.2, 0.25) is 0 Å². The first-order valence-electron chi connectivity index (χ1n) is 10.6. The molecule has 31 heavy (non-hydrogen) atoms. The second-order valence-corrected chi connectivity index (χ2v) is 9.67. The maximum Gasteiger partial charge on any atom is 0.255 e. The number of hydrogen-bond donors (Lipinski definition) is 2. The molecule has 168 valence electrons. The number of carbonyl (C=O) groups is 1. The monoisotopic (exact) mass is 445 g/mol. The molecule has 0 aliphatic carbocycles. The minimum Gasteiger partial charge on any atom is -0.496 e. The van der Waals surface area contributed by atoms with E-state index in [2.05, 4.69) is 21.9 Å². The first-order chi connectivity index (χ1) is 14.8. The van der Waals surface area contributed by atoms with Crippen molar-refractivity contribution >= 4 is 21.6 Å². The highest BCUT2D eigenvalue weighted by molar-refractivity contribution is 7.89. The van der Waals surface area contributed by atoms with Gasteiger partial charge in [-0.15, -0.1) is 0 Å². The quantitative estimate of drug-likeness (QED) is 0.652. The van der Waals surface area contributed by atoms with Gasteiger partial charge in [-0.1, -0.05) is 19.1 Å². The number of piperidine rings is 1. The summed E-state index contributed by atoms with van der Waals surface area (Å²) in [6, 6.07) is 12.3. The van der Waals surface area contributed by atoms with Crippen LogP contribution in [0, 0.1) is 5.92 Å². The van der Waals surface area contributed by atoms with E-state index >= 15 is 0 Å². The molecule has 1 atom stereocenters. The van der Waals surface area contributed by atoms with Crippen LogP contribution in [0.4, 0.5) is 5.69 Å². The van der Waals surface area contributed by atoms with Crippen LogP contribution in [0.5, 0.6) is 5.75 Å². The Kier molecular flexibility index (Phi) is 7.56. The summed E-state index contributed by atoms with van der Waals surface area (Å²) < 4.78 is 33.4. The zero-order chi connectivity index (χ0) is 22.4. The summed E-state index contributed by atoms with van der Waals surface area (Å²) in [5, 5.41) is 2.67. The number of benzene rings is 2. The van der Waals surface area contributed by atoms with Crippen molar-refractivity contribution in [2.75, 3.05) is 31.6 Å². The summed E-state index contributed by atoms with van der Waals surface area (Å²) in [7, 11) is -2.35. The number of nitrogens with one attached hydrogen (secondary N) is 2. The number of anilines is 1. The third-order valence-electron chi connectivity index (χ3n) is 5.49. The van der Waals surface area contributed by atoms with Crippen LogP contribution in [-0.4, -0.2) is 41.1 Å². The molecule has 0 bridgehead atoms. The normalized spacial score (nSPS) is 16.7. The van der Waals surface area contributed by atoms with Crippen molar-refractivity contribution in [2.24, 2.45) is 5.92 Å². The van der Waals surface area contributed by atoms with Crippen LogP contribution in [0.3, 0.4) is 0 Å². The molecule has 1 amide bonds. The van der Waals surface area contributed by atoms with E-state index in [-0.39, 0.29) is 22.9 Å². The number of carbonyl (C=O) groups excluding carboxylic acids is 1. The maximum atomic E-state index is 12.8. The molecule has 0 radical (unpaired) electrons. The van der Waals surface area contributed by atoms with Gasteiger partial charge >= 0.3 is 0 Å². The summed E-state index contributed by atoms with van der Waals surface area (Å²) in [5.74, 6) is 0.639. The number of methoxy groups -OCH3 is 1. The minimum atomic E-state index is -3.79.